The van der Waals surface area contributed by atoms with Gasteiger partial charge in [0.05, 0.1) is 11.6 Å². The van der Waals surface area contributed by atoms with Crippen molar-refractivity contribution in [2.45, 2.75) is 26.2 Å². The number of ether oxygens (including phenoxy) is 1. The minimum Gasteiger partial charge on any atom is -0.494 e. The van der Waals surface area contributed by atoms with Crippen molar-refractivity contribution >= 4 is 29.0 Å². The van der Waals surface area contributed by atoms with Gasteiger partial charge in [-0.2, -0.15) is 0 Å². The molecule has 94 valence electrons. The lowest BCUT2D eigenvalue weighted by Crippen LogP contribution is -2.01. The molecule has 17 heavy (non-hydrogen) atoms. The fourth-order valence-corrected chi connectivity index (χ4v) is 1.80. The number of benzene rings is 1. The molecule has 0 spiro atoms. The molecule has 1 aromatic carbocycles. The first-order valence-electron chi connectivity index (χ1n) is 5.70. The van der Waals surface area contributed by atoms with Crippen molar-refractivity contribution in [1.82, 2.24) is 0 Å². The molecule has 1 aromatic rings. The van der Waals surface area contributed by atoms with Crippen molar-refractivity contribution < 1.29 is 9.53 Å². The number of carbonyl (C=O) groups is 1. The molecule has 0 fully saturated rings. The van der Waals surface area contributed by atoms with Crippen LogP contribution in [0.25, 0.3) is 0 Å². The molecule has 0 aliphatic heterocycles. The molecule has 1 rings (SSSR count). The van der Waals surface area contributed by atoms with Crippen molar-refractivity contribution in [3.63, 3.8) is 0 Å². The fraction of sp³-hybridized carbons (Fsp3) is 0.462. The Bertz CT molecular complexity index is 378. The highest BCUT2D eigenvalue weighted by Crippen LogP contribution is 2.24. The highest BCUT2D eigenvalue weighted by molar-refractivity contribution is 6.34. The molecule has 0 aliphatic rings. The van der Waals surface area contributed by atoms with Crippen molar-refractivity contribution in [3.05, 3.63) is 28.8 Å². The molecule has 2 nitrogen and oxygen atoms in total. The first kappa shape index (κ1) is 14.3. The molecule has 0 atom stereocenters. The molecule has 0 aromatic heterocycles. The van der Waals surface area contributed by atoms with Crippen LogP contribution < -0.4 is 4.74 Å². The van der Waals surface area contributed by atoms with E-state index in [2.05, 4.69) is 0 Å². The van der Waals surface area contributed by atoms with Crippen molar-refractivity contribution in [2.24, 2.45) is 0 Å². The van der Waals surface area contributed by atoms with Crippen LogP contribution in [0.2, 0.25) is 5.02 Å². The Morgan fingerprint density at radius 1 is 1.41 bits per heavy atom. The lowest BCUT2D eigenvalue weighted by molar-refractivity contribution is 0.0982. The minimum absolute atomic E-state index is 0.0256. The third kappa shape index (κ3) is 4.57. The molecule has 0 heterocycles. The zero-order chi connectivity index (χ0) is 12.7. The average Bonchev–Trinajstić information content (AvgIpc) is 2.33. The van der Waals surface area contributed by atoms with E-state index in [4.69, 9.17) is 27.9 Å². The predicted octanol–water partition coefficient (Wildman–Crippen LogP) is 4.33. The Labute approximate surface area is 112 Å². The van der Waals surface area contributed by atoms with Crippen LogP contribution in [0.5, 0.6) is 5.75 Å². The third-order valence-electron chi connectivity index (χ3n) is 2.25. The second-order valence-electron chi connectivity index (χ2n) is 3.71. The molecule has 0 radical (unpaired) electrons. The summed E-state index contributed by atoms with van der Waals surface area (Å²) in [5.41, 5.74) is 0.542. The van der Waals surface area contributed by atoms with E-state index in [0.29, 0.717) is 41.7 Å². The topological polar surface area (TPSA) is 26.3 Å². The lowest BCUT2D eigenvalue weighted by Gasteiger charge is -2.07. The van der Waals surface area contributed by atoms with Crippen LogP contribution in [0, 0.1) is 0 Å². The average molecular weight is 275 g/mol. The maximum absolute atomic E-state index is 11.8. The number of rotatable bonds is 7. The Balaban J connectivity index is 2.71. The molecule has 0 unspecified atom stereocenters. The lowest BCUT2D eigenvalue weighted by atomic mass is 10.1. The molecule has 0 bridgehead atoms. The summed E-state index contributed by atoms with van der Waals surface area (Å²) in [5, 5.41) is 0.443. The standard InChI is InChI=1S/C13H16Cl2O2/c1-2-8-17-10-5-6-11(12(15)9-10)13(16)4-3-7-14/h5-6,9H,2-4,7-8H2,1H3. The van der Waals surface area contributed by atoms with E-state index in [-0.39, 0.29) is 5.78 Å². The van der Waals surface area contributed by atoms with E-state index >= 15 is 0 Å². The van der Waals surface area contributed by atoms with Crippen LogP contribution in [0.3, 0.4) is 0 Å². The summed E-state index contributed by atoms with van der Waals surface area (Å²) in [4.78, 5) is 11.8. The van der Waals surface area contributed by atoms with E-state index in [0.717, 1.165) is 6.42 Å². The zero-order valence-electron chi connectivity index (χ0n) is 9.84. The van der Waals surface area contributed by atoms with Crippen LogP contribution in [0.15, 0.2) is 18.2 Å². The largest absolute Gasteiger partial charge is 0.494 e. The number of carbonyl (C=O) groups excluding carboxylic acids is 1. The third-order valence-corrected chi connectivity index (χ3v) is 2.83. The molecule has 0 saturated heterocycles. The summed E-state index contributed by atoms with van der Waals surface area (Å²) in [5.74, 6) is 1.21. The van der Waals surface area contributed by atoms with Gasteiger partial charge in [0.1, 0.15) is 5.75 Å². The second kappa shape index (κ2) is 7.57. The molecular weight excluding hydrogens is 259 g/mol. The molecule has 0 saturated carbocycles. The maximum Gasteiger partial charge on any atom is 0.164 e. The van der Waals surface area contributed by atoms with Crippen molar-refractivity contribution in [3.8, 4) is 5.75 Å². The molecule has 4 heteroatoms. The summed E-state index contributed by atoms with van der Waals surface area (Å²) in [6.45, 7) is 2.68. The van der Waals surface area contributed by atoms with E-state index in [1.807, 2.05) is 6.92 Å². The molecule has 0 N–H and O–H groups in total. The highest BCUT2D eigenvalue weighted by atomic mass is 35.5. The number of ketones is 1. The Morgan fingerprint density at radius 2 is 2.18 bits per heavy atom. The normalized spacial score (nSPS) is 10.3. The van der Waals surface area contributed by atoms with Gasteiger partial charge in [-0.25, -0.2) is 0 Å². The monoisotopic (exact) mass is 274 g/mol. The van der Waals surface area contributed by atoms with E-state index in [1.165, 1.54) is 0 Å². The van der Waals surface area contributed by atoms with E-state index < -0.39 is 0 Å². The second-order valence-corrected chi connectivity index (χ2v) is 4.49. The maximum atomic E-state index is 11.8. The zero-order valence-corrected chi connectivity index (χ0v) is 11.4. The Kier molecular flexibility index (Phi) is 6.38. The van der Waals surface area contributed by atoms with Gasteiger partial charge >= 0.3 is 0 Å². The summed E-state index contributed by atoms with van der Waals surface area (Å²) in [6.07, 6.45) is 2.04. The molecule has 0 aliphatic carbocycles. The first-order valence-corrected chi connectivity index (χ1v) is 6.61. The van der Waals surface area contributed by atoms with Gasteiger partial charge in [0, 0.05) is 17.9 Å². The van der Waals surface area contributed by atoms with Gasteiger partial charge in [0.25, 0.3) is 0 Å². The van der Waals surface area contributed by atoms with Gasteiger partial charge in [-0.1, -0.05) is 18.5 Å². The van der Waals surface area contributed by atoms with Crippen LogP contribution in [0.1, 0.15) is 36.5 Å². The quantitative estimate of drug-likeness (QED) is 0.547. The highest BCUT2D eigenvalue weighted by Gasteiger charge is 2.10. The number of hydrogen-bond donors (Lipinski definition) is 0. The van der Waals surface area contributed by atoms with Gasteiger partial charge in [0.2, 0.25) is 0 Å². The molecule has 0 amide bonds. The van der Waals surface area contributed by atoms with Crippen molar-refractivity contribution in [1.29, 1.82) is 0 Å². The predicted molar refractivity (Wildman–Crippen MR) is 71.5 cm³/mol. The van der Waals surface area contributed by atoms with Gasteiger partial charge in [-0.15, -0.1) is 11.6 Å². The van der Waals surface area contributed by atoms with Gasteiger partial charge in [-0.05, 0) is 31.0 Å². The summed E-state index contributed by atoms with van der Waals surface area (Å²) in [6, 6.07) is 5.17. The number of hydrogen-bond acceptors (Lipinski definition) is 2. The van der Waals surface area contributed by atoms with Crippen LogP contribution in [-0.2, 0) is 0 Å². The summed E-state index contributed by atoms with van der Waals surface area (Å²) in [7, 11) is 0. The molecular formula is C13H16Cl2O2. The van der Waals surface area contributed by atoms with Crippen molar-refractivity contribution in [2.75, 3.05) is 12.5 Å². The number of halogens is 2. The smallest absolute Gasteiger partial charge is 0.164 e. The summed E-state index contributed by atoms with van der Waals surface area (Å²) >= 11 is 11.6. The number of Topliss-reactive ketones (excluding diaryl/α,β-unsaturated/α-hetero) is 1. The van der Waals surface area contributed by atoms with Gasteiger partial charge < -0.3 is 4.74 Å². The summed E-state index contributed by atoms with van der Waals surface area (Å²) < 4.78 is 5.44. The SMILES string of the molecule is CCCOc1ccc(C(=O)CCCCl)c(Cl)c1. The minimum atomic E-state index is 0.0256. The van der Waals surface area contributed by atoms with E-state index in [1.54, 1.807) is 18.2 Å². The van der Waals surface area contributed by atoms with Crippen LogP contribution in [0.4, 0.5) is 0 Å². The number of alkyl halides is 1. The van der Waals surface area contributed by atoms with Gasteiger partial charge in [0.15, 0.2) is 5.78 Å². The van der Waals surface area contributed by atoms with Crippen LogP contribution in [-0.4, -0.2) is 18.3 Å². The van der Waals surface area contributed by atoms with Crippen LogP contribution >= 0.6 is 23.2 Å². The van der Waals surface area contributed by atoms with Gasteiger partial charge in [-0.3, -0.25) is 4.79 Å². The fourth-order valence-electron chi connectivity index (χ4n) is 1.39. The van der Waals surface area contributed by atoms with E-state index in [9.17, 15) is 4.79 Å². The Morgan fingerprint density at radius 3 is 2.76 bits per heavy atom. The Hall–Kier alpha value is -0.730. The first-order chi connectivity index (χ1) is 8.19.